The number of aromatic carboxylic acids is 1. The lowest BCUT2D eigenvalue weighted by atomic mass is 10.2. The second-order valence-corrected chi connectivity index (χ2v) is 6.14. The van der Waals surface area contributed by atoms with Crippen LogP contribution in [0.3, 0.4) is 0 Å². The zero-order valence-corrected chi connectivity index (χ0v) is 12.5. The van der Waals surface area contributed by atoms with E-state index in [0.717, 1.165) is 25.0 Å². The van der Waals surface area contributed by atoms with Gasteiger partial charge in [-0.25, -0.2) is 22.3 Å². The van der Waals surface area contributed by atoms with E-state index in [1.54, 1.807) is 7.11 Å². The van der Waals surface area contributed by atoms with Crippen LogP contribution in [-0.2, 0) is 14.8 Å². The highest BCUT2D eigenvalue weighted by atomic mass is 32.2. The number of rotatable bonds is 9. The van der Waals surface area contributed by atoms with Gasteiger partial charge in [-0.1, -0.05) is 0 Å². The van der Waals surface area contributed by atoms with E-state index in [4.69, 9.17) is 9.84 Å². The summed E-state index contributed by atoms with van der Waals surface area (Å²) in [5.74, 6) is -2.40. The van der Waals surface area contributed by atoms with E-state index in [9.17, 15) is 17.6 Å². The topological polar surface area (TPSA) is 92.7 Å². The summed E-state index contributed by atoms with van der Waals surface area (Å²) in [5, 5.41) is 8.71. The predicted octanol–water partition coefficient (Wildman–Crippen LogP) is 1.62. The SMILES string of the molecule is COCCCCCNS(=O)(=O)c1ccc(C(=O)O)cc1F. The Balaban J connectivity index is 2.64. The van der Waals surface area contributed by atoms with Gasteiger partial charge in [0.05, 0.1) is 5.56 Å². The van der Waals surface area contributed by atoms with Crippen molar-refractivity contribution in [2.75, 3.05) is 20.3 Å². The van der Waals surface area contributed by atoms with Crippen molar-refractivity contribution in [1.29, 1.82) is 0 Å². The molecule has 0 aliphatic carbocycles. The molecule has 0 aliphatic rings. The van der Waals surface area contributed by atoms with Crippen molar-refractivity contribution in [3.8, 4) is 0 Å². The van der Waals surface area contributed by atoms with Gasteiger partial charge < -0.3 is 9.84 Å². The number of carbonyl (C=O) groups is 1. The Labute approximate surface area is 123 Å². The molecular weight excluding hydrogens is 301 g/mol. The number of ether oxygens (including phenoxy) is 1. The minimum atomic E-state index is -3.98. The van der Waals surface area contributed by atoms with Crippen LogP contribution in [-0.4, -0.2) is 39.8 Å². The van der Waals surface area contributed by atoms with Gasteiger partial charge in [-0.05, 0) is 37.5 Å². The summed E-state index contributed by atoms with van der Waals surface area (Å²) in [6.07, 6.45) is 2.22. The molecule has 2 N–H and O–H groups in total. The molecule has 1 aromatic rings. The van der Waals surface area contributed by atoms with Gasteiger partial charge in [0.25, 0.3) is 0 Å². The van der Waals surface area contributed by atoms with Crippen LogP contribution in [0.4, 0.5) is 4.39 Å². The first kappa shape index (κ1) is 17.5. The highest BCUT2D eigenvalue weighted by molar-refractivity contribution is 7.89. The fraction of sp³-hybridized carbons (Fsp3) is 0.462. The van der Waals surface area contributed by atoms with E-state index < -0.39 is 26.7 Å². The first-order valence-corrected chi connectivity index (χ1v) is 7.88. The molecule has 0 aliphatic heterocycles. The molecule has 0 unspecified atom stereocenters. The quantitative estimate of drug-likeness (QED) is 0.675. The number of unbranched alkanes of at least 4 members (excludes halogenated alkanes) is 2. The number of hydrogen-bond donors (Lipinski definition) is 2. The number of carboxylic acid groups (broad SMARTS) is 1. The lowest BCUT2D eigenvalue weighted by Gasteiger charge is -2.08. The largest absolute Gasteiger partial charge is 0.478 e. The van der Waals surface area contributed by atoms with Gasteiger partial charge in [0, 0.05) is 20.3 Å². The maximum atomic E-state index is 13.7. The molecule has 0 radical (unpaired) electrons. The van der Waals surface area contributed by atoms with E-state index >= 15 is 0 Å². The average Bonchev–Trinajstić information content (AvgIpc) is 2.42. The summed E-state index contributed by atoms with van der Waals surface area (Å²) in [4.78, 5) is 10.1. The number of methoxy groups -OCH3 is 1. The number of carboxylic acids is 1. The molecule has 0 saturated carbocycles. The van der Waals surface area contributed by atoms with Gasteiger partial charge in [0.2, 0.25) is 10.0 Å². The molecule has 0 saturated heterocycles. The molecular formula is C13H18FNO5S. The third-order valence-corrected chi connectivity index (χ3v) is 4.28. The van der Waals surface area contributed by atoms with E-state index in [1.807, 2.05) is 0 Å². The lowest BCUT2D eigenvalue weighted by Crippen LogP contribution is -2.25. The standard InChI is InChI=1S/C13H18FNO5S/c1-20-8-4-2-3-7-15-21(18,19)12-6-5-10(13(16)17)9-11(12)14/h5-6,9,15H,2-4,7-8H2,1H3,(H,16,17). The molecule has 0 bridgehead atoms. The summed E-state index contributed by atoms with van der Waals surface area (Å²) < 4.78 is 44.6. The highest BCUT2D eigenvalue weighted by Gasteiger charge is 2.19. The number of hydrogen-bond acceptors (Lipinski definition) is 4. The van der Waals surface area contributed by atoms with Crippen LogP contribution in [0.5, 0.6) is 0 Å². The van der Waals surface area contributed by atoms with Crippen molar-refractivity contribution in [2.45, 2.75) is 24.2 Å². The van der Waals surface area contributed by atoms with Crippen LogP contribution in [0.2, 0.25) is 0 Å². The van der Waals surface area contributed by atoms with Crippen molar-refractivity contribution >= 4 is 16.0 Å². The van der Waals surface area contributed by atoms with Crippen LogP contribution in [0, 0.1) is 5.82 Å². The predicted molar refractivity (Wildman–Crippen MR) is 74.3 cm³/mol. The Bertz CT molecular complexity index is 588. The number of halogens is 1. The molecule has 0 atom stereocenters. The Hall–Kier alpha value is -1.51. The third kappa shape index (κ3) is 5.41. The molecule has 21 heavy (non-hydrogen) atoms. The first-order valence-electron chi connectivity index (χ1n) is 6.40. The van der Waals surface area contributed by atoms with Gasteiger partial charge >= 0.3 is 5.97 Å². The zero-order chi connectivity index (χ0) is 15.9. The Kier molecular flexibility index (Phi) is 6.73. The van der Waals surface area contributed by atoms with Crippen LogP contribution < -0.4 is 4.72 Å². The maximum absolute atomic E-state index is 13.7. The molecule has 8 heteroatoms. The van der Waals surface area contributed by atoms with Crippen LogP contribution >= 0.6 is 0 Å². The molecule has 118 valence electrons. The van der Waals surface area contributed by atoms with Crippen molar-refractivity contribution in [1.82, 2.24) is 4.72 Å². The van der Waals surface area contributed by atoms with Crippen molar-refractivity contribution < 1.29 is 27.4 Å². The summed E-state index contributed by atoms with van der Waals surface area (Å²) in [6.45, 7) is 0.796. The fourth-order valence-corrected chi connectivity index (χ4v) is 2.82. The van der Waals surface area contributed by atoms with E-state index in [1.165, 1.54) is 0 Å². The molecule has 6 nitrogen and oxygen atoms in total. The molecule has 1 rings (SSSR count). The van der Waals surface area contributed by atoms with Crippen LogP contribution in [0.25, 0.3) is 0 Å². The second kappa shape index (κ2) is 8.06. The monoisotopic (exact) mass is 319 g/mol. The minimum absolute atomic E-state index is 0.187. The summed E-state index contributed by atoms with van der Waals surface area (Å²) in [7, 11) is -2.39. The normalized spacial score (nSPS) is 11.5. The van der Waals surface area contributed by atoms with Gasteiger partial charge in [0.1, 0.15) is 10.7 Å². The fourth-order valence-electron chi connectivity index (χ4n) is 1.68. The van der Waals surface area contributed by atoms with Crippen molar-refractivity contribution in [3.05, 3.63) is 29.6 Å². The minimum Gasteiger partial charge on any atom is -0.478 e. The third-order valence-electron chi connectivity index (χ3n) is 2.79. The number of nitrogens with one attached hydrogen (secondary N) is 1. The lowest BCUT2D eigenvalue weighted by molar-refractivity contribution is 0.0696. The van der Waals surface area contributed by atoms with Gasteiger partial charge in [-0.2, -0.15) is 0 Å². The maximum Gasteiger partial charge on any atom is 0.335 e. The average molecular weight is 319 g/mol. The molecule has 0 heterocycles. The van der Waals surface area contributed by atoms with E-state index in [2.05, 4.69) is 4.72 Å². The van der Waals surface area contributed by atoms with E-state index in [-0.39, 0.29) is 12.1 Å². The van der Waals surface area contributed by atoms with Gasteiger partial charge in [0.15, 0.2) is 0 Å². The Morgan fingerprint density at radius 2 is 2.05 bits per heavy atom. The highest BCUT2D eigenvalue weighted by Crippen LogP contribution is 2.16. The Morgan fingerprint density at radius 1 is 1.33 bits per heavy atom. The Morgan fingerprint density at radius 3 is 2.62 bits per heavy atom. The summed E-state index contributed by atoms with van der Waals surface area (Å²) in [6, 6.07) is 2.69. The number of benzene rings is 1. The van der Waals surface area contributed by atoms with Gasteiger partial charge in [-0.15, -0.1) is 0 Å². The van der Waals surface area contributed by atoms with Crippen molar-refractivity contribution in [3.63, 3.8) is 0 Å². The smallest absolute Gasteiger partial charge is 0.335 e. The summed E-state index contributed by atoms with van der Waals surface area (Å²) in [5.41, 5.74) is -0.300. The van der Waals surface area contributed by atoms with Crippen LogP contribution in [0.15, 0.2) is 23.1 Å². The van der Waals surface area contributed by atoms with Gasteiger partial charge in [-0.3, -0.25) is 0 Å². The molecule has 0 amide bonds. The molecule has 0 spiro atoms. The molecule has 0 aromatic heterocycles. The first-order chi connectivity index (χ1) is 9.88. The second-order valence-electron chi connectivity index (χ2n) is 4.40. The van der Waals surface area contributed by atoms with Crippen LogP contribution in [0.1, 0.15) is 29.6 Å². The summed E-state index contributed by atoms with van der Waals surface area (Å²) >= 11 is 0. The molecule has 1 aromatic carbocycles. The zero-order valence-electron chi connectivity index (χ0n) is 11.6. The molecule has 0 fully saturated rings. The van der Waals surface area contributed by atoms with E-state index in [0.29, 0.717) is 19.1 Å². The van der Waals surface area contributed by atoms with Crippen molar-refractivity contribution in [2.24, 2.45) is 0 Å². The number of sulfonamides is 1.